The third kappa shape index (κ3) is 7.63. The fraction of sp³-hybridized carbons (Fsp3) is 0.652. The van der Waals surface area contributed by atoms with Gasteiger partial charge in [-0.1, -0.05) is 18.6 Å². The summed E-state index contributed by atoms with van der Waals surface area (Å²) < 4.78 is 6.12. The van der Waals surface area contributed by atoms with Crippen LogP contribution in [0.15, 0.2) is 29.3 Å². The highest BCUT2D eigenvalue weighted by atomic mass is 127. The van der Waals surface area contributed by atoms with E-state index in [4.69, 9.17) is 4.74 Å². The Kier molecular flexibility index (Phi) is 10.7. The van der Waals surface area contributed by atoms with E-state index in [0.29, 0.717) is 18.4 Å². The minimum atomic E-state index is 0. The van der Waals surface area contributed by atoms with Gasteiger partial charge in [0.1, 0.15) is 5.75 Å². The van der Waals surface area contributed by atoms with Crippen molar-refractivity contribution in [1.29, 1.82) is 0 Å². The van der Waals surface area contributed by atoms with Crippen molar-refractivity contribution < 1.29 is 9.53 Å². The third-order valence-electron chi connectivity index (χ3n) is 6.11. The second-order valence-corrected chi connectivity index (χ2v) is 8.23. The van der Waals surface area contributed by atoms with Gasteiger partial charge in [-0.05, 0) is 62.1 Å². The number of ether oxygens (including phenoxy) is 1. The van der Waals surface area contributed by atoms with Crippen LogP contribution in [0.5, 0.6) is 5.75 Å². The minimum Gasteiger partial charge on any atom is -0.490 e. The summed E-state index contributed by atoms with van der Waals surface area (Å²) in [5, 5.41) is 6.20. The van der Waals surface area contributed by atoms with Gasteiger partial charge in [-0.15, -0.1) is 24.0 Å². The number of guanidine groups is 1. The Morgan fingerprint density at radius 2 is 1.77 bits per heavy atom. The maximum absolute atomic E-state index is 11.6. The number of aliphatic imine (C=N–C) groups is 1. The van der Waals surface area contributed by atoms with E-state index in [1.807, 2.05) is 7.05 Å². The molecule has 2 aliphatic rings. The van der Waals surface area contributed by atoms with Crippen LogP contribution in [0.1, 0.15) is 56.9 Å². The largest absolute Gasteiger partial charge is 0.490 e. The van der Waals surface area contributed by atoms with Gasteiger partial charge < -0.3 is 20.3 Å². The van der Waals surface area contributed by atoms with E-state index in [1.165, 1.54) is 37.7 Å². The number of hydrogen-bond acceptors (Lipinski definition) is 3. The molecule has 0 unspecified atom stereocenters. The van der Waals surface area contributed by atoms with E-state index in [1.54, 1.807) is 7.05 Å². The number of piperidine rings is 1. The molecule has 7 heteroatoms. The molecule has 168 valence electrons. The predicted molar refractivity (Wildman–Crippen MR) is 133 cm³/mol. The molecule has 1 aliphatic heterocycles. The fourth-order valence-electron chi connectivity index (χ4n) is 4.29. The number of amides is 1. The first-order chi connectivity index (χ1) is 14.2. The molecule has 0 bridgehead atoms. The second-order valence-electron chi connectivity index (χ2n) is 8.23. The molecule has 0 aromatic heterocycles. The quantitative estimate of drug-likeness (QED) is 0.334. The van der Waals surface area contributed by atoms with E-state index in [2.05, 4.69) is 44.8 Å². The molecule has 2 fully saturated rings. The lowest BCUT2D eigenvalue weighted by Gasteiger charge is -2.34. The number of carbonyl (C=O) groups excluding carboxylic acids is 1. The molecule has 1 saturated heterocycles. The third-order valence-corrected chi connectivity index (χ3v) is 6.11. The SMILES string of the molecule is CN=C(NCc1ccc(OC2CCCCC2)cc1)N1CCC(CC(=O)NC)CC1.I. The molecule has 0 radical (unpaired) electrons. The second kappa shape index (κ2) is 13.0. The molecule has 1 saturated carbocycles. The van der Waals surface area contributed by atoms with Crippen LogP contribution in [0, 0.1) is 5.92 Å². The Hall–Kier alpha value is -1.51. The topological polar surface area (TPSA) is 66.0 Å². The molecule has 0 atom stereocenters. The Morgan fingerprint density at radius 1 is 1.10 bits per heavy atom. The number of likely N-dealkylation sites (tertiary alicyclic amines) is 1. The number of carbonyl (C=O) groups is 1. The lowest BCUT2D eigenvalue weighted by atomic mass is 9.93. The van der Waals surface area contributed by atoms with E-state index in [9.17, 15) is 4.79 Å². The van der Waals surface area contributed by atoms with Crippen molar-refractivity contribution in [2.24, 2.45) is 10.9 Å². The molecule has 6 nitrogen and oxygen atoms in total. The van der Waals surface area contributed by atoms with E-state index in [0.717, 1.165) is 44.2 Å². The van der Waals surface area contributed by atoms with Gasteiger partial charge in [0.15, 0.2) is 5.96 Å². The van der Waals surface area contributed by atoms with Crippen LogP contribution in [-0.4, -0.2) is 50.1 Å². The average molecular weight is 528 g/mol. The molecule has 2 N–H and O–H groups in total. The van der Waals surface area contributed by atoms with E-state index < -0.39 is 0 Å². The molecule has 1 aromatic rings. The van der Waals surface area contributed by atoms with Crippen LogP contribution >= 0.6 is 24.0 Å². The van der Waals surface area contributed by atoms with Crippen LogP contribution in [0.3, 0.4) is 0 Å². The van der Waals surface area contributed by atoms with Crippen molar-refractivity contribution in [2.75, 3.05) is 27.2 Å². The highest BCUT2D eigenvalue weighted by Crippen LogP contribution is 2.24. The number of hydrogen-bond donors (Lipinski definition) is 2. The van der Waals surface area contributed by atoms with Crippen LogP contribution in [-0.2, 0) is 11.3 Å². The van der Waals surface area contributed by atoms with Gasteiger partial charge in [-0.3, -0.25) is 9.79 Å². The number of rotatable bonds is 6. The van der Waals surface area contributed by atoms with Gasteiger partial charge in [0.05, 0.1) is 6.10 Å². The number of halogens is 1. The summed E-state index contributed by atoms with van der Waals surface area (Å²) in [5.41, 5.74) is 1.22. The molecule has 1 amide bonds. The lowest BCUT2D eigenvalue weighted by Crippen LogP contribution is -2.45. The smallest absolute Gasteiger partial charge is 0.220 e. The number of nitrogens with one attached hydrogen (secondary N) is 2. The summed E-state index contributed by atoms with van der Waals surface area (Å²) in [4.78, 5) is 18.3. The molecule has 30 heavy (non-hydrogen) atoms. The van der Waals surface area contributed by atoms with E-state index in [-0.39, 0.29) is 29.9 Å². The first kappa shape index (κ1) is 24.8. The Bertz CT molecular complexity index is 666. The van der Waals surface area contributed by atoms with Crippen LogP contribution < -0.4 is 15.4 Å². The van der Waals surface area contributed by atoms with Crippen molar-refractivity contribution in [1.82, 2.24) is 15.5 Å². The normalized spacial score (nSPS) is 18.5. The standard InChI is InChI=1S/C23H36N4O2.HI/c1-24-22(28)16-18-12-14-27(15-13-18)23(25-2)26-17-19-8-10-21(11-9-19)29-20-6-4-3-5-7-20;/h8-11,18,20H,3-7,12-17H2,1-2H3,(H,24,28)(H,25,26);1H. The first-order valence-corrected chi connectivity index (χ1v) is 11.1. The first-order valence-electron chi connectivity index (χ1n) is 11.1. The zero-order valence-corrected chi connectivity index (χ0v) is 20.7. The Balaban J connectivity index is 0.00000320. The molecular weight excluding hydrogens is 491 g/mol. The average Bonchev–Trinajstić information content (AvgIpc) is 2.77. The van der Waals surface area contributed by atoms with Crippen LogP contribution in [0.2, 0.25) is 0 Å². The van der Waals surface area contributed by atoms with E-state index >= 15 is 0 Å². The summed E-state index contributed by atoms with van der Waals surface area (Å²) in [6.45, 7) is 2.62. The van der Waals surface area contributed by atoms with Crippen molar-refractivity contribution in [3.8, 4) is 5.75 Å². The van der Waals surface area contributed by atoms with Gasteiger partial charge >= 0.3 is 0 Å². The molecule has 0 spiro atoms. The zero-order chi connectivity index (χ0) is 20.5. The van der Waals surface area contributed by atoms with Crippen molar-refractivity contribution >= 4 is 35.8 Å². The lowest BCUT2D eigenvalue weighted by molar-refractivity contribution is -0.121. The van der Waals surface area contributed by atoms with Crippen molar-refractivity contribution in [3.63, 3.8) is 0 Å². The van der Waals surface area contributed by atoms with Crippen molar-refractivity contribution in [2.45, 2.75) is 64.0 Å². The van der Waals surface area contributed by atoms with Gasteiger partial charge in [0.2, 0.25) is 5.91 Å². The Labute approximate surface area is 198 Å². The van der Waals surface area contributed by atoms with Gasteiger partial charge in [0, 0.05) is 40.2 Å². The zero-order valence-electron chi connectivity index (χ0n) is 18.4. The number of nitrogens with zero attached hydrogens (tertiary/aromatic N) is 2. The van der Waals surface area contributed by atoms with Gasteiger partial charge in [-0.2, -0.15) is 0 Å². The summed E-state index contributed by atoms with van der Waals surface area (Å²) in [7, 11) is 3.54. The molecule has 1 aliphatic carbocycles. The molecule has 1 aromatic carbocycles. The van der Waals surface area contributed by atoms with Gasteiger partial charge in [0.25, 0.3) is 0 Å². The molecule has 3 rings (SSSR count). The fourth-order valence-corrected chi connectivity index (χ4v) is 4.29. The van der Waals surface area contributed by atoms with Gasteiger partial charge in [-0.25, -0.2) is 0 Å². The van der Waals surface area contributed by atoms with Crippen LogP contribution in [0.25, 0.3) is 0 Å². The monoisotopic (exact) mass is 528 g/mol. The summed E-state index contributed by atoms with van der Waals surface area (Å²) in [6.07, 6.45) is 9.35. The minimum absolute atomic E-state index is 0. The molecule has 1 heterocycles. The highest BCUT2D eigenvalue weighted by Gasteiger charge is 2.23. The predicted octanol–water partition coefficient (Wildman–Crippen LogP) is 3.94. The summed E-state index contributed by atoms with van der Waals surface area (Å²) >= 11 is 0. The number of benzene rings is 1. The van der Waals surface area contributed by atoms with Crippen LogP contribution in [0.4, 0.5) is 0 Å². The maximum atomic E-state index is 11.6. The van der Waals surface area contributed by atoms with Crippen molar-refractivity contribution in [3.05, 3.63) is 29.8 Å². The molecular formula is C23H37IN4O2. The highest BCUT2D eigenvalue weighted by molar-refractivity contribution is 14.0. The Morgan fingerprint density at radius 3 is 2.37 bits per heavy atom. The maximum Gasteiger partial charge on any atom is 0.220 e. The summed E-state index contributed by atoms with van der Waals surface area (Å²) in [5.74, 6) is 2.53. The summed E-state index contributed by atoms with van der Waals surface area (Å²) in [6, 6.07) is 8.43.